The quantitative estimate of drug-likeness (QED) is 0.289. The summed E-state index contributed by atoms with van der Waals surface area (Å²) in [5, 5.41) is 18.4. The van der Waals surface area contributed by atoms with Gasteiger partial charge in [-0.3, -0.25) is 19.8 Å². The summed E-state index contributed by atoms with van der Waals surface area (Å²) in [4.78, 5) is 45.8. The van der Waals surface area contributed by atoms with Gasteiger partial charge in [0.2, 0.25) is 5.82 Å². The molecule has 11 heteroatoms. The fraction of sp³-hybridized carbons (Fsp3) is 0.176. The smallest absolute Gasteiger partial charge is 0.305 e. The molecule has 28 heavy (non-hydrogen) atoms. The number of fused-ring (bicyclic) bond motifs is 1. The third-order valence-corrected chi connectivity index (χ3v) is 4.04. The molecule has 0 saturated heterocycles. The predicted octanol–water partition coefficient (Wildman–Crippen LogP) is -0.188. The fourth-order valence-electron chi connectivity index (χ4n) is 2.65. The highest BCUT2D eigenvalue weighted by Gasteiger charge is 2.18. The van der Waals surface area contributed by atoms with Gasteiger partial charge in [0.05, 0.1) is 6.42 Å². The predicted molar refractivity (Wildman–Crippen MR) is 100 cm³/mol. The summed E-state index contributed by atoms with van der Waals surface area (Å²) in [6.45, 7) is -0.0914. The van der Waals surface area contributed by atoms with Crippen molar-refractivity contribution in [1.82, 2.24) is 24.8 Å². The topological polar surface area (TPSA) is 180 Å². The number of carbonyl (C=O) groups is 2. The molecule has 3 aromatic rings. The number of H-pyrrole nitrogens is 1. The number of rotatable bonds is 6. The van der Waals surface area contributed by atoms with Gasteiger partial charge < -0.3 is 25.7 Å². The SMILES string of the molecule is Cn1c(-c2ccc(C(=N)N)cc2)nc2nc(C(=O)NCCC(=O)O)[nH]c(=O)c21. The number of aryl methyl sites for hydroxylation is 1. The molecule has 2 heterocycles. The van der Waals surface area contributed by atoms with Gasteiger partial charge in [-0.1, -0.05) is 24.3 Å². The van der Waals surface area contributed by atoms with E-state index in [1.807, 2.05) is 0 Å². The molecule has 0 unspecified atom stereocenters. The number of nitrogens with one attached hydrogen (secondary N) is 3. The van der Waals surface area contributed by atoms with Crippen LogP contribution in [0.4, 0.5) is 0 Å². The highest BCUT2D eigenvalue weighted by Crippen LogP contribution is 2.21. The van der Waals surface area contributed by atoms with Crippen molar-refractivity contribution >= 4 is 28.9 Å². The molecule has 0 aliphatic heterocycles. The minimum atomic E-state index is -1.05. The van der Waals surface area contributed by atoms with E-state index < -0.39 is 17.4 Å². The van der Waals surface area contributed by atoms with Crippen LogP contribution in [0.1, 0.15) is 22.6 Å². The number of nitrogen functional groups attached to an aromatic ring is 1. The first kappa shape index (κ1) is 18.8. The van der Waals surface area contributed by atoms with Crippen LogP contribution in [-0.2, 0) is 11.8 Å². The summed E-state index contributed by atoms with van der Waals surface area (Å²) < 4.78 is 1.55. The lowest BCUT2D eigenvalue weighted by molar-refractivity contribution is -0.136. The average molecular weight is 383 g/mol. The maximum absolute atomic E-state index is 12.4. The van der Waals surface area contributed by atoms with Crippen molar-refractivity contribution in [2.24, 2.45) is 12.8 Å². The second kappa shape index (κ2) is 7.31. The molecule has 6 N–H and O–H groups in total. The lowest BCUT2D eigenvalue weighted by Gasteiger charge is -2.04. The number of amidine groups is 1. The standard InChI is InChI=1S/C17H17N7O4/c1-24-11-13(22-15(24)9-4-2-8(3-5-9)12(18)19)21-14(23-16(11)27)17(28)20-7-6-10(25)26/h2-5H,6-7H2,1H3,(H3,18,19)(H,20,28)(H,25,26)(H,21,23,27). The van der Waals surface area contributed by atoms with Crippen molar-refractivity contribution in [1.29, 1.82) is 5.41 Å². The van der Waals surface area contributed by atoms with E-state index in [0.717, 1.165) is 0 Å². The molecule has 3 rings (SSSR count). The Morgan fingerprint density at radius 1 is 1.29 bits per heavy atom. The van der Waals surface area contributed by atoms with E-state index in [2.05, 4.69) is 20.3 Å². The number of aromatic amines is 1. The number of benzene rings is 1. The van der Waals surface area contributed by atoms with Gasteiger partial charge in [-0.15, -0.1) is 0 Å². The van der Waals surface area contributed by atoms with Gasteiger partial charge in [0, 0.05) is 24.7 Å². The summed E-state index contributed by atoms with van der Waals surface area (Å²) in [5.74, 6) is -1.61. The van der Waals surface area contributed by atoms with Crippen LogP contribution in [-0.4, -0.2) is 48.9 Å². The monoisotopic (exact) mass is 383 g/mol. The molecule has 0 aliphatic rings. The average Bonchev–Trinajstić information content (AvgIpc) is 2.98. The number of hydrogen-bond acceptors (Lipinski definition) is 6. The number of imidazole rings is 1. The largest absolute Gasteiger partial charge is 0.481 e. The zero-order chi connectivity index (χ0) is 20.4. The van der Waals surface area contributed by atoms with Crippen molar-refractivity contribution in [2.75, 3.05) is 6.54 Å². The van der Waals surface area contributed by atoms with Gasteiger partial charge in [-0.2, -0.15) is 0 Å². The van der Waals surface area contributed by atoms with Crippen molar-refractivity contribution in [3.05, 3.63) is 46.0 Å². The minimum absolute atomic E-state index is 0.0618. The maximum Gasteiger partial charge on any atom is 0.305 e. The fourth-order valence-corrected chi connectivity index (χ4v) is 2.65. The van der Waals surface area contributed by atoms with E-state index >= 15 is 0 Å². The van der Waals surface area contributed by atoms with Crippen molar-refractivity contribution in [3.8, 4) is 11.4 Å². The summed E-state index contributed by atoms with van der Waals surface area (Å²) in [7, 11) is 1.65. The van der Waals surface area contributed by atoms with Crippen molar-refractivity contribution < 1.29 is 14.7 Å². The summed E-state index contributed by atoms with van der Waals surface area (Å²) in [6.07, 6.45) is -0.248. The number of hydrogen-bond donors (Lipinski definition) is 5. The molecule has 0 aliphatic carbocycles. The van der Waals surface area contributed by atoms with Crippen LogP contribution < -0.4 is 16.6 Å². The lowest BCUT2D eigenvalue weighted by Crippen LogP contribution is -2.29. The third-order valence-electron chi connectivity index (χ3n) is 4.04. The Labute approximate surface area is 157 Å². The molecular formula is C17H17N7O4. The molecule has 0 atom stereocenters. The molecule has 11 nitrogen and oxygen atoms in total. The van der Waals surface area contributed by atoms with E-state index in [1.165, 1.54) is 0 Å². The van der Waals surface area contributed by atoms with Crippen LogP contribution in [0.5, 0.6) is 0 Å². The van der Waals surface area contributed by atoms with E-state index in [1.54, 1.807) is 35.9 Å². The number of nitrogens with two attached hydrogens (primary N) is 1. The lowest BCUT2D eigenvalue weighted by atomic mass is 10.1. The summed E-state index contributed by atoms with van der Waals surface area (Å²) in [5.41, 5.74) is 6.40. The zero-order valence-corrected chi connectivity index (χ0v) is 14.8. The summed E-state index contributed by atoms with van der Waals surface area (Å²) >= 11 is 0. The van der Waals surface area contributed by atoms with Crippen LogP contribution in [0.3, 0.4) is 0 Å². The maximum atomic E-state index is 12.4. The number of carboxylic acid groups (broad SMARTS) is 1. The molecular weight excluding hydrogens is 366 g/mol. The Bertz CT molecular complexity index is 1140. The van der Waals surface area contributed by atoms with E-state index in [0.29, 0.717) is 17.0 Å². The molecule has 0 radical (unpaired) electrons. The summed E-state index contributed by atoms with van der Waals surface area (Å²) in [6, 6.07) is 6.75. The highest BCUT2D eigenvalue weighted by atomic mass is 16.4. The molecule has 144 valence electrons. The Hall–Kier alpha value is -4.02. The van der Waals surface area contributed by atoms with Crippen molar-refractivity contribution in [2.45, 2.75) is 6.42 Å². The number of aliphatic carboxylic acids is 1. The number of amides is 1. The van der Waals surface area contributed by atoms with Crippen molar-refractivity contribution in [3.63, 3.8) is 0 Å². The molecule has 0 bridgehead atoms. The second-order valence-electron chi connectivity index (χ2n) is 5.97. The Balaban J connectivity index is 1.97. The molecule has 2 aromatic heterocycles. The first-order chi connectivity index (χ1) is 13.3. The molecule has 1 aromatic carbocycles. The zero-order valence-electron chi connectivity index (χ0n) is 14.8. The van der Waals surface area contributed by atoms with Gasteiger partial charge >= 0.3 is 5.97 Å². The second-order valence-corrected chi connectivity index (χ2v) is 5.97. The van der Waals surface area contributed by atoms with E-state index in [-0.39, 0.29) is 35.8 Å². The van der Waals surface area contributed by atoms with Gasteiger partial charge in [0.1, 0.15) is 11.7 Å². The minimum Gasteiger partial charge on any atom is -0.481 e. The number of carbonyl (C=O) groups excluding carboxylic acids is 1. The van der Waals surface area contributed by atoms with Crippen LogP contribution in [0.25, 0.3) is 22.6 Å². The molecule has 1 amide bonds. The molecule has 0 saturated carbocycles. The van der Waals surface area contributed by atoms with Crippen LogP contribution in [0.15, 0.2) is 29.1 Å². The first-order valence-electron chi connectivity index (χ1n) is 8.19. The van der Waals surface area contributed by atoms with Gasteiger partial charge in [0.15, 0.2) is 11.2 Å². The van der Waals surface area contributed by atoms with Crippen LogP contribution in [0, 0.1) is 5.41 Å². The molecule has 0 fully saturated rings. The third kappa shape index (κ3) is 3.58. The van der Waals surface area contributed by atoms with Gasteiger partial charge in [0.25, 0.3) is 11.5 Å². The number of nitrogens with zero attached hydrogens (tertiary/aromatic N) is 3. The van der Waals surface area contributed by atoms with Gasteiger partial charge in [-0.05, 0) is 0 Å². The Kier molecular flexibility index (Phi) is 4.90. The van der Waals surface area contributed by atoms with Crippen LogP contribution in [0.2, 0.25) is 0 Å². The molecule has 0 spiro atoms. The number of aromatic nitrogens is 4. The normalized spacial score (nSPS) is 10.8. The Morgan fingerprint density at radius 3 is 2.57 bits per heavy atom. The van der Waals surface area contributed by atoms with E-state index in [9.17, 15) is 14.4 Å². The Morgan fingerprint density at radius 2 is 1.96 bits per heavy atom. The van der Waals surface area contributed by atoms with Gasteiger partial charge in [-0.25, -0.2) is 9.97 Å². The highest BCUT2D eigenvalue weighted by molar-refractivity contribution is 5.95. The number of carboxylic acids is 1. The van der Waals surface area contributed by atoms with Crippen LogP contribution >= 0.6 is 0 Å². The first-order valence-corrected chi connectivity index (χ1v) is 8.19. The van der Waals surface area contributed by atoms with E-state index in [4.69, 9.17) is 16.2 Å².